The molecule has 12 heteroatoms. The molecule has 38 heavy (non-hydrogen) atoms. The number of morpholine rings is 1. The number of aliphatic imine (C=N–C) groups is 1. The van der Waals surface area contributed by atoms with E-state index in [9.17, 15) is 9.59 Å². The van der Waals surface area contributed by atoms with Gasteiger partial charge in [0.15, 0.2) is 0 Å². The molecule has 200 valence electrons. The maximum absolute atomic E-state index is 13.5. The topological polar surface area (TPSA) is 122 Å². The summed E-state index contributed by atoms with van der Waals surface area (Å²) in [7, 11) is 0. The molecule has 0 aliphatic carbocycles. The van der Waals surface area contributed by atoms with Gasteiger partial charge in [0, 0.05) is 64.8 Å². The van der Waals surface area contributed by atoms with Gasteiger partial charge in [-0.2, -0.15) is 0 Å². The SMILES string of the molecule is O=C(NC1C=NC=CC1N1CCNCC1)c1ncc(-n2c(=O)n(CCN3CCOCC3)c3ccccc32)o1. The summed E-state index contributed by atoms with van der Waals surface area (Å²) in [5.74, 6) is -0.344. The minimum absolute atomic E-state index is 0.0000409. The fourth-order valence-electron chi connectivity index (χ4n) is 5.33. The average molecular weight is 521 g/mol. The standard InChI is InChI=1S/C26H32N8O4/c35-24(30-19-17-28-6-5-20(19)32-9-7-27-8-10-32)25-29-18-23(38-25)34-22-4-2-1-3-21(22)33(26(34)36)12-11-31-13-15-37-16-14-31/h1-6,17-20,27H,7-16H2,(H,30,35). The first-order valence-corrected chi connectivity index (χ1v) is 13.1. The summed E-state index contributed by atoms with van der Waals surface area (Å²) in [4.78, 5) is 39.7. The highest BCUT2D eigenvalue weighted by Crippen LogP contribution is 2.19. The van der Waals surface area contributed by atoms with Crippen molar-refractivity contribution >= 4 is 23.2 Å². The third kappa shape index (κ3) is 4.95. The van der Waals surface area contributed by atoms with Gasteiger partial charge in [0.25, 0.3) is 5.89 Å². The normalized spacial score (nSPS) is 22.7. The molecule has 2 atom stereocenters. The van der Waals surface area contributed by atoms with Crippen LogP contribution in [0, 0.1) is 0 Å². The second-order valence-electron chi connectivity index (χ2n) is 9.63. The van der Waals surface area contributed by atoms with Gasteiger partial charge in [-0.15, -0.1) is 0 Å². The van der Waals surface area contributed by atoms with Crippen LogP contribution in [0.2, 0.25) is 0 Å². The maximum Gasteiger partial charge on any atom is 0.336 e. The number of imidazole rings is 1. The zero-order valence-corrected chi connectivity index (χ0v) is 21.2. The lowest BCUT2D eigenvalue weighted by atomic mass is 10.0. The molecular weight excluding hydrogens is 488 g/mol. The van der Waals surface area contributed by atoms with Crippen molar-refractivity contribution in [1.29, 1.82) is 0 Å². The Morgan fingerprint density at radius 2 is 1.87 bits per heavy atom. The van der Waals surface area contributed by atoms with Gasteiger partial charge in [0.2, 0.25) is 5.88 Å². The Morgan fingerprint density at radius 1 is 1.08 bits per heavy atom. The Labute approximate surface area is 219 Å². The molecule has 1 aromatic carbocycles. The Morgan fingerprint density at radius 3 is 2.68 bits per heavy atom. The fraction of sp³-hybridized carbons (Fsp3) is 0.462. The fourth-order valence-corrected chi connectivity index (χ4v) is 5.33. The zero-order valence-electron chi connectivity index (χ0n) is 21.2. The first-order valence-electron chi connectivity index (χ1n) is 13.1. The van der Waals surface area contributed by atoms with Crippen LogP contribution < -0.4 is 16.3 Å². The Bertz CT molecular complexity index is 1390. The molecule has 0 radical (unpaired) electrons. The van der Waals surface area contributed by atoms with Crippen molar-refractivity contribution in [3.05, 3.63) is 59.1 Å². The van der Waals surface area contributed by atoms with Gasteiger partial charge in [-0.1, -0.05) is 12.1 Å². The number of carbonyl (C=O) groups is 1. The van der Waals surface area contributed by atoms with Crippen molar-refractivity contribution in [2.45, 2.75) is 18.6 Å². The van der Waals surface area contributed by atoms with Gasteiger partial charge in [-0.05, 0) is 18.2 Å². The van der Waals surface area contributed by atoms with E-state index in [1.807, 2.05) is 30.3 Å². The minimum atomic E-state index is -0.452. The van der Waals surface area contributed by atoms with Gasteiger partial charge in [-0.25, -0.2) is 14.3 Å². The second kappa shape index (κ2) is 11.0. The highest BCUT2D eigenvalue weighted by atomic mass is 16.5. The first kappa shape index (κ1) is 24.7. The van der Waals surface area contributed by atoms with Crippen molar-refractivity contribution in [3.63, 3.8) is 0 Å². The van der Waals surface area contributed by atoms with Gasteiger partial charge < -0.3 is 19.8 Å². The van der Waals surface area contributed by atoms with Crippen LogP contribution in [-0.2, 0) is 11.3 Å². The number of rotatable bonds is 7. The summed E-state index contributed by atoms with van der Waals surface area (Å²) >= 11 is 0. The number of fused-ring (bicyclic) bond motifs is 1. The smallest absolute Gasteiger partial charge is 0.336 e. The van der Waals surface area contributed by atoms with E-state index in [1.165, 1.54) is 10.8 Å². The first-order chi connectivity index (χ1) is 18.7. The van der Waals surface area contributed by atoms with Gasteiger partial charge >= 0.3 is 11.6 Å². The van der Waals surface area contributed by atoms with Crippen molar-refractivity contribution in [1.82, 2.24) is 34.6 Å². The van der Waals surface area contributed by atoms with Gasteiger partial charge in [0.05, 0.1) is 42.5 Å². The molecule has 1 amide bonds. The van der Waals surface area contributed by atoms with Crippen LogP contribution in [-0.4, -0.2) is 107 Å². The summed E-state index contributed by atoms with van der Waals surface area (Å²) < 4.78 is 14.5. The lowest BCUT2D eigenvalue weighted by Crippen LogP contribution is -2.57. The summed E-state index contributed by atoms with van der Waals surface area (Å²) in [6.07, 6.45) is 6.93. The number of oxazole rings is 1. The molecule has 3 aliphatic rings. The number of carbonyl (C=O) groups excluding carboxylic acids is 1. The Hall–Kier alpha value is -3.58. The van der Waals surface area contributed by atoms with Crippen molar-refractivity contribution < 1.29 is 13.9 Å². The molecule has 2 N–H and O–H groups in total. The highest BCUT2D eigenvalue weighted by molar-refractivity contribution is 5.92. The number of ether oxygens (including phenoxy) is 1. The molecule has 6 rings (SSSR count). The molecule has 2 saturated heterocycles. The Balaban J connectivity index is 1.22. The quantitative estimate of drug-likeness (QED) is 0.449. The molecule has 5 heterocycles. The molecule has 3 aromatic rings. The molecule has 12 nitrogen and oxygen atoms in total. The van der Waals surface area contributed by atoms with E-state index < -0.39 is 5.91 Å². The maximum atomic E-state index is 13.5. The largest absolute Gasteiger partial charge is 0.415 e. The van der Waals surface area contributed by atoms with E-state index in [0.717, 1.165) is 51.3 Å². The lowest BCUT2D eigenvalue weighted by Gasteiger charge is -2.37. The molecule has 3 aliphatic heterocycles. The molecule has 0 saturated carbocycles. The number of hydrogen-bond acceptors (Lipinski definition) is 9. The van der Waals surface area contributed by atoms with Gasteiger partial charge in [0.1, 0.15) is 0 Å². The molecule has 2 unspecified atom stereocenters. The van der Waals surface area contributed by atoms with E-state index in [0.29, 0.717) is 25.3 Å². The van der Waals surface area contributed by atoms with Crippen LogP contribution in [0.3, 0.4) is 0 Å². The van der Waals surface area contributed by atoms with E-state index >= 15 is 0 Å². The predicted molar refractivity (Wildman–Crippen MR) is 142 cm³/mol. The summed E-state index contributed by atoms with van der Waals surface area (Å²) in [5.41, 5.74) is 1.27. The molecule has 0 bridgehead atoms. The number of piperazine rings is 1. The van der Waals surface area contributed by atoms with Crippen molar-refractivity contribution in [2.75, 3.05) is 59.0 Å². The van der Waals surface area contributed by atoms with Crippen molar-refractivity contribution in [2.24, 2.45) is 4.99 Å². The van der Waals surface area contributed by atoms with Crippen LogP contribution in [0.4, 0.5) is 0 Å². The lowest BCUT2D eigenvalue weighted by molar-refractivity contribution is 0.0364. The second-order valence-corrected chi connectivity index (χ2v) is 9.63. The molecule has 0 spiro atoms. The van der Waals surface area contributed by atoms with Gasteiger partial charge in [-0.3, -0.25) is 24.2 Å². The minimum Gasteiger partial charge on any atom is -0.415 e. The predicted octanol–water partition coefficient (Wildman–Crippen LogP) is 0.0827. The Kier molecular flexibility index (Phi) is 7.18. The number of hydrogen-bond donors (Lipinski definition) is 2. The van der Waals surface area contributed by atoms with Crippen LogP contribution in [0.15, 0.2) is 56.9 Å². The third-order valence-electron chi connectivity index (χ3n) is 7.34. The van der Waals surface area contributed by atoms with E-state index in [2.05, 4.69) is 30.4 Å². The average Bonchev–Trinajstić information content (AvgIpc) is 3.55. The van der Waals surface area contributed by atoms with E-state index in [4.69, 9.17) is 9.15 Å². The number of benzene rings is 1. The highest BCUT2D eigenvalue weighted by Gasteiger charge is 2.30. The van der Waals surface area contributed by atoms with Crippen LogP contribution in [0.1, 0.15) is 10.7 Å². The van der Waals surface area contributed by atoms with Crippen molar-refractivity contribution in [3.8, 4) is 5.88 Å². The molecule has 2 aromatic heterocycles. The van der Waals surface area contributed by atoms with Crippen LogP contribution >= 0.6 is 0 Å². The summed E-state index contributed by atoms with van der Waals surface area (Å²) in [5, 5.41) is 6.34. The number of nitrogens with zero attached hydrogens (tertiary/aromatic N) is 6. The van der Waals surface area contributed by atoms with E-state index in [-0.39, 0.29) is 29.5 Å². The third-order valence-corrected chi connectivity index (χ3v) is 7.34. The summed E-state index contributed by atoms with van der Waals surface area (Å²) in [6, 6.07) is 7.26. The van der Waals surface area contributed by atoms with E-state index in [1.54, 1.807) is 17.0 Å². The van der Waals surface area contributed by atoms with Crippen LogP contribution in [0.5, 0.6) is 0 Å². The molecular formula is C26H32N8O4. The number of amides is 1. The molecule has 2 fully saturated rings. The number of para-hydroxylation sites is 2. The number of nitrogens with one attached hydrogen (secondary N) is 2. The number of aromatic nitrogens is 3. The monoisotopic (exact) mass is 520 g/mol. The summed E-state index contributed by atoms with van der Waals surface area (Å²) in [6.45, 7) is 7.98. The zero-order chi connectivity index (χ0) is 25.9. The van der Waals surface area contributed by atoms with Crippen LogP contribution in [0.25, 0.3) is 16.9 Å².